The molecule has 0 saturated carbocycles. The third-order valence-electron chi connectivity index (χ3n) is 3.91. The molecule has 26 heavy (non-hydrogen) atoms. The minimum atomic E-state index is -0.436. The molecule has 2 aromatic rings. The van der Waals surface area contributed by atoms with E-state index in [4.69, 9.17) is 9.47 Å². The van der Waals surface area contributed by atoms with Crippen LogP contribution in [0.2, 0.25) is 0 Å². The Hall–Kier alpha value is -3.02. The second-order valence-electron chi connectivity index (χ2n) is 5.98. The van der Waals surface area contributed by atoms with Crippen molar-refractivity contribution in [3.05, 3.63) is 53.6 Å². The van der Waals surface area contributed by atoms with Gasteiger partial charge < -0.3 is 20.1 Å². The molecule has 0 aliphatic carbocycles. The molecule has 0 bridgehead atoms. The number of anilines is 1. The number of hydrogen-bond acceptors (Lipinski definition) is 4. The predicted molar refractivity (Wildman–Crippen MR) is 101 cm³/mol. The van der Waals surface area contributed by atoms with Crippen molar-refractivity contribution in [3.63, 3.8) is 0 Å². The summed E-state index contributed by atoms with van der Waals surface area (Å²) in [7, 11) is 3.14. The van der Waals surface area contributed by atoms with Gasteiger partial charge in [-0.1, -0.05) is 18.2 Å². The summed E-state index contributed by atoms with van der Waals surface area (Å²) < 4.78 is 10.4. The highest BCUT2D eigenvalue weighted by atomic mass is 16.5. The van der Waals surface area contributed by atoms with E-state index in [0.717, 1.165) is 11.1 Å². The molecule has 0 radical (unpaired) electrons. The van der Waals surface area contributed by atoms with Crippen molar-refractivity contribution in [2.75, 3.05) is 19.5 Å². The van der Waals surface area contributed by atoms with Gasteiger partial charge in [-0.05, 0) is 42.3 Å². The molecule has 2 amide bonds. The van der Waals surface area contributed by atoms with Crippen LogP contribution >= 0.6 is 0 Å². The van der Waals surface area contributed by atoms with Gasteiger partial charge in [0.2, 0.25) is 11.8 Å². The molecule has 0 aliphatic rings. The maximum absolute atomic E-state index is 12.5. The van der Waals surface area contributed by atoms with E-state index in [1.807, 2.05) is 31.2 Å². The van der Waals surface area contributed by atoms with E-state index in [1.165, 1.54) is 6.92 Å². The van der Waals surface area contributed by atoms with Crippen LogP contribution < -0.4 is 20.1 Å². The lowest BCUT2D eigenvalue weighted by molar-refractivity contribution is -0.120. The highest BCUT2D eigenvalue weighted by molar-refractivity contribution is 5.93. The summed E-state index contributed by atoms with van der Waals surface area (Å²) in [6.45, 7) is 3.37. The van der Waals surface area contributed by atoms with Crippen molar-refractivity contribution >= 4 is 17.5 Å². The number of aryl methyl sites for hydroxylation is 1. The van der Waals surface area contributed by atoms with Crippen LogP contribution in [0.1, 0.15) is 30.5 Å². The van der Waals surface area contributed by atoms with E-state index in [0.29, 0.717) is 17.2 Å². The van der Waals surface area contributed by atoms with Crippen molar-refractivity contribution in [2.45, 2.75) is 26.3 Å². The molecule has 2 N–H and O–H groups in total. The number of benzene rings is 2. The van der Waals surface area contributed by atoms with Crippen LogP contribution in [0.4, 0.5) is 5.69 Å². The van der Waals surface area contributed by atoms with Gasteiger partial charge in [-0.3, -0.25) is 9.59 Å². The first-order valence-electron chi connectivity index (χ1n) is 8.28. The van der Waals surface area contributed by atoms with Crippen LogP contribution in [-0.2, 0) is 9.59 Å². The summed E-state index contributed by atoms with van der Waals surface area (Å²) in [6.07, 6.45) is 0.100. The number of carbonyl (C=O) groups excluding carboxylic acids is 2. The number of hydrogen-bond donors (Lipinski definition) is 2. The van der Waals surface area contributed by atoms with E-state index in [2.05, 4.69) is 10.6 Å². The Bertz CT molecular complexity index is 772. The fraction of sp³-hybridized carbons (Fsp3) is 0.300. The van der Waals surface area contributed by atoms with Gasteiger partial charge in [0.15, 0.2) is 0 Å². The Morgan fingerprint density at radius 1 is 1.04 bits per heavy atom. The SMILES string of the molecule is COc1ccc(C(CC(=O)Nc2cc(C)ccc2OC)NC(C)=O)cc1. The third-order valence-corrected chi connectivity index (χ3v) is 3.91. The smallest absolute Gasteiger partial charge is 0.226 e. The van der Waals surface area contributed by atoms with Crippen molar-refractivity contribution in [2.24, 2.45) is 0 Å². The highest BCUT2D eigenvalue weighted by Gasteiger charge is 2.18. The first kappa shape index (κ1) is 19.3. The lowest BCUT2D eigenvalue weighted by Crippen LogP contribution is -2.29. The van der Waals surface area contributed by atoms with E-state index in [1.54, 1.807) is 32.4 Å². The Labute approximate surface area is 153 Å². The number of nitrogens with one attached hydrogen (secondary N) is 2. The van der Waals surface area contributed by atoms with Crippen LogP contribution in [0.15, 0.2) is 42.5 Å². The lowest BCUT2D eigenvalue weighted by Gasteiger charge is -2.19. The fourth-order valence-corrected chi connectivity index (χ4v) is 2.64. The molecule has 0 saturated heterocycles. The second-order valence-corrected chi connectivity index (χ2v) is 5.98. The van der Waals surface area contributed by atoms with Crippen molar-refractivity contribution < 1.29 is 19.1 Å². The molecule has 0 aliphatic heterocycles. The molecule has 2 rings (SSSR count). The van der Waals surface area contributed by atoms with Crippen LogP contribution in [0.3, 0.4) is 0 Å². The number of carbonyl (C=O) groups is 2. The molecule has 6 heteroatoms. The summed E-state index contributed by atoms with van der Waals surface area (Å²) in [5.41, 5.74) is 2.44. The normalized spacial score (nSPS) is 11.4. The molecule has 1 unspecified atom stereocenters. The number of ether oxygens (including phenoxy) is 2. The van der Waals surface area contributed by atoms with Gasteiger partial charge in [0, 0.05) is 6.92 Å². The van der Waals surface area contributed by atoms with Crippen LogP contribution in [0, 0.1) is 6.92 Å². The zero-order valence-corrected chi connectivity index (χ0v) is 15.5. The predicted octanol–water partition coefficient (Wildman–Crippen LogP) is 3.22. The molecule has 1 atom stereocenters. The fourth-order valence-electron chi connectivity index (χ4n) is 2.64. The van der Waals surface area contributed by atoms with E-state index < -0.39 is 6.04 Å². The van der Waals surface area contributed by atoms with Crippen molar-refractivity contribution in [1.29, 1.82) is 0 Å². The van der Waals surface area contributed by atoms with E-state index >= 15 is 0 Å². The quantitative estimate of drug-likeness (QED) is 0.799. The first-order valence-corrected chi connectivity index (χ1v) is 8.28. The number of methoxy groups -OCH3 is 2. The van der Waals surface area contributed by atoms with E-state index in [-0.39, 0.29) is 18.2 Å². The van der Waals surface area contributed by atoms with Gasteiger partial charge in [0.05, 0.1) is 32.4 Å². The summed E-state index contributed by atoms with van der Waals surface area (Å²) in [5.74, 6) is 0.879. The van der Waals surface area contributed by atoms with Gasteiger partial charge in [-0.15, -0.1) is 0 Å². The van der Waals surface area contributed by atoms with E-state index in [9.17, 15) is 9.59 Å². The lowest BCUT2D eigenvalue weighted by atomic mass is 10.0. The maximum atomic E-state index is 12.5. The molecule has 6 nitrogen and oxygen atoms in total. The Morgan fingerprint density at radius 3 is 2.31 bits per heavy atom. The number of amides is 2. The summed E-state index contributed by atoms with van der Waals surface area (Å²) in [5, 5.41) is 5.68. The van der Waals surface area contributed by atoms with Crippen LogP contribution in [-0.4, -0.2) is 26.0 Å². The molecular weight excluding hydrogens is 332 g/mol. The molecule has 0 fully saturated rings. The largest absolute Gasteiger partial charge is 0.497 e. The molecule has 138 valence electrons. The molecule has 0 aromatic heterocycles. The van der Waals surface area contributed by atoms with Gasteiger partial charge in [0.25, 0.3) is 0 Å². The molecular formula is C20H24N2O4. The molecule has 0 spiro atoms. The minimum absolute atomic E-state index is 0.100. The topological polar surface area (TPSA) is 76.7 Å². The van der Waals surface area contributed by atoms with Gasteiger partial charge >= 0.3 is 0 Å². The minimum Gasteiger partial charge on any atom is -0.497 e. The monoisotopic (exact) mass is 356 g/mol. The van der Waals surface area contributed by atoms with Crippen molar-refractivity contribution in [1.82, 2.24) is 5.32 Å². The summed E-state index contributed by atoms with van der Waals surface area (Å²) >= 11 is 0. The average Bonchev–Trinajstić information content (AvgIpc) is 2.61. The van der Waals surface area contributed by atoms with Gasteiger partial charge in [-0.2, -0.15) is 0 Å². The Kier molecular flexibility index (Phi) is 6.60. The summed E-state index contributed by atoms with van der Waals surface area (Å²) in [4.78, 5) is 24.1. The Morgan fingerprint density at radius 2 is 1.73 bits per heavy atom. The average molecular weight is 356 g/mol. The van der Waals surface area contributed by atoms with Crippen molar-refractivity contribution in [3.8, 4) is 11.5 Å². The maximum Gasteiger partial charge on any atom is 0.226 e. The zero-order chi connectivity index (χ0) is 19.1. The standard InChI is InChI=1S/C20H24N2O4/c1-13-5-10-19(26-4)18(11-13)22-20(24)12-17(21-14(2)23)15-6-8-16(25-3)9-7-15/h5-11,17H,12H2,1-4H3,(H,21,23)(H,22,24). The Balaban J connectivity index is 2.15. The molecule has 2 aromatic carbocycles. The first-order chi connectivity index (χ1) is 12.4. The zero-order valence-electron chi connectivity index (χ0n) is 15.5. The summed E-state index contributed by atoms with van der Waals surface area (Å²) in [6, 6.07) is 12.4. The number of rotatable bonds is 7. The van der Waals surface area contributed by atoms with Crippen LogP contribution in [0.25, 0.3) is 0 Å². The molecule has 0 heterocycles. The van der Waals surface area contributed by atoms with Gasteiger partial charge in [-0.25, -0.2) is 0 Å². The highest BCUT2D eigenvalue weighted by Crippen LogP contribution is 2.26. The van der Waals surface area contributed by atoms with Gasteiger partial charge in [0.1, 0.15) is 11.5 Å². The van der Waals surface area contributed by atoms with Crippen LogP contribution in [0.5, 0.6) is 11.5 Å². The third kappa shape index (κ3) is 5.24. The second kappa shape index (κ2) is 8.89.